The van der Waals surface area contributed by atoms with E-state index in [0.29, 0.717) is 24.3 Å². The summed E-state index contributed by atoms with van der Waals surface area (Å²) in [6.45, 7) is 3.15. The number of hydrogen-bond acceptors (Lipinski definition) is 14. The molecule has 74 heavy (non-hydrogen) atoms. The molecule has 1 aromatic carbocycles. The van der Waals surface area contributed by atoms with Crippen LogP contribution < -0.4 is 54.4 Å². The zero-order chi connectivity index (χ0) is 55.1. The maximum atomic E-state index is 14.3. The average Bonchev–Trinajstić information content (AvgIpc) is 3.82. The Morgan fingerprint density at radius 1 is 0.608 bits per heavy atom. The van der Waals surface area contributed by atoms with Gasteiger partial charge in [0.2, 0.25) is 65.0 Å². The van der Waals surface area contributed by atoms with Gasteiger partial charge in [-0.3, -0.25) is 57.5 Å². The topological polar surface area (TPSA) is 431 Å². The Balaban J connectivity index is 2.13. The van der Waals surface area contributed by atoms with Gasteiger partial charge in [-0.1, -0.05) is 70.9 Å². The van der Waals surface area contributed by atoms with E-state index < -0.39 is 164 Å². The number of aromatic hydroxyl groups is 1. The van der Waals surface area contributed by atoms with E-state index in [0.717, 1.165) is 37.0 Å². The van der Waals surface area contributed by atoms with Crippen molar-refractivity contribution in [1.82, 2.24) is 42.1 Å². The number of nitrogens with zero attached hydrogens (tertiary/aromatic N) is 1. The molecule has 3 rings (SSSR count). The highest BCUT2D eigenvalue weighted by Gasteiger charge is 2.41. The van der Waals surface area contributed by atoms with Crippen LogP contribution in [0, 0.1) is 5.92 Å². The van der Waals surface area contributed by atoms with Gasteiger partial charge in [-0.15, -0.1) is 0 Å². The number of aliphatic hydroxyl groups excluding tert-OH is 1. The molecule has 0 spiro atoms. The van der Waals surface area contributed by atoms with E-state index in [1.807, 2.05) is 0 Å². The number of hydrogen-bond donors (Lipinski definition) is 13. The second kappa shape index (κ2) is 30.6. The number of carbonyl (C=O) groups is 12. The van der Waals surface area contributed by atoms with E-state index in [9.17, 15) is 72.9 Å². The Labute approximate surface area is 428 Å². The predicted octanol–water partition coefficient (Wildman–Crippen LogP) is -3.02. The third kappa shape index (κ3) is 21.4. The maximum Gasteiger partial charge on any atom is 0.305 e. The number of carboxylic acid groups (broad SMARTS) is 1. The molecule has 2 fully saturated rings. The number of nitrogens with one attached hydrogen (secondary N) is 7. The summed E-state index contributed by atoms with van der Waals surface area (Å²) in [5.74, 6) is -12.8. The van der Waals surface area contributed by atoms with Gasteiger partial charge in [-0.2, -0.15) is 0 Å². The van der Waals surface area contributed by atoms with E-state index >= 15 is 0 Å². The third-order valence-corrected chi connectivity index (χ3v) is 12.4. The molecular weight excluding hydrogens is 971 g/mol. The maximum absolute atomic E-state index is 14.3. The Morgan fingerprint density at radius 2 is 1.11 bits per heavy atom. The molecule has 26 nitrogen and oxygen atoms in total. The zero-order valence-corrected chi connectivity index (χ0v) is 41.9. The lowest BCUT2D eigenvalue weighted by Gasteiger charge is -2.31. The molecule has 8 atom stereocenters. The van der Waals surface area contributed by atoms with Crippen molar-refractivity contribution in [3.05, 3.63) is 29.8 Å². The summed E-state index contributed by atoms with van der Waals surface area (Å²) in [5.41, 5.74) is 16.6. The number of nitrogens with two attached hydrogens (primary N) is 3. The van der Waals surface area contributed by atoms with Crippen LogP contribution in [0.4, 0.5) is 0 Å². The monoisotopic (exact) mass is 1040 g/mol. The zero-order valence-electron chi connectivity index (χ0n) is 41.9. The first-order valence-corrected chi connectivity index (χ1v) is 24.8. The Kier molecular flexibility index (Phi) is 25.2. The van der Waals surface area contributed by atoms with Crippen LogP contribution in [-0.2, 0) is 64.0 Å². The first-order valence-electron chi connectivity index (χ1n) is 24.8. The normalized spacial score (nSPS) is 24.1. The molecule has 11 amide bonds. The lowest BCUT2D eigenvalue weighted by Crippen LogP contribution is -2.60. The van der Waals surface area contributed by atoms with Gasteiger partial charge in [0.1, 0.15) is 48.0 Å². The minimum Gasteiger partial charge on any atom is -0.508 e. The van der Waals surface area contributed by atoms with Crippen LogP contribution in [0.25, 0.3) is 0 Å². The average molecular weight is 1040 g/mol. The molecule has 5 unspecified atom stereocenters. The number of phenolic OH excluding ortho intramolecular Hbond substituents is 1. The molecule has 2 heterocycles. The molecule has 2 saturated heterocycles. The molecule has 2 aliphatic rings. The minimum atomic E-state index is -1.88. The van der Waals surface area contributed by atoms with E-state index in [4.69, 9.17) is 17.2 Å². The summed E-state index contributed by atoms with van der Waals surface area (Å²) < 4.78 is 0. The van der Waals surface area contributed by atoms with Crippen molar-refractivity contribution in [3.8, 4) is 5.75 Å². The van der Waals surface area contributed by atoms with E-state index in [-0.39, 0.29) is 38.0 Å². The van der Waals surface area contributed by atoms with Gasteiger partial charge in [0.15, 0.2) is 0 Å². The molecular formula is C48H73N11O15. The smallest absolute Gasteiger partial charge is 0.305 e. The van der Waals surface area contributed by atoms with E-state index in [1.165, 1.54) is 24.3 Å². The van der Waals surface area contributed by atoms with Crippen molar-refractivity contribution < 1.29 is 72.9 Å². The second-order valence-electron chi connectivity index (χ2n) is 19.1. The van der Waals surface area contributed by atoms with Crippen LogP contribution >= 0.6 is 0 Å². The van der Waals surface area contributed by atoms with Crippen LogP contribution in [-0.4, -0.2) is 153 Å². The van der Waals surface area contributed by atoms with E-state index in [1.54, 1.807) is 0 Å². The number of aliphatic hydroxyl groups is 1. The van der Waals surface area contributed by atoms with Crippen molar-refractivity contribution in [1.29, 1.82) is 0 Å². The number of unbranched alkanes of at least 4 members (excludes halogenated alkanes) is 5. The number of rotatable bonds is 21. The number of primary amides is 3. The number of carbonyl (C=O) groups excluding carboxylic acids is 11. The lowest BCUT2D eigenvalue weighted by molar-refractivity contribution is -0.143. The molecule has 2 aliphatic heterocycles. The van der Waals surface area contributed by atoms with E-state index in [2.05, 4.69) is 51.1 Å². The van der Waals surface area contributed by atoms with Gasteiger partial charge < -0.3 is 74.6 Å². The third-order valence-electron chi connectivity index (χ3n) is 12.4. The number of aliphatic carboxylic acids is 1. The summed E-state index contributed by atoms with van der Waals surface area (Å²) in [6.07, 6.45) is 1.75. The quantitative estimate of drug-likeness (QED) is 0.0546. The Bertz CT molecular complexity index is 2180. The molecule has 16 N–H and O–H groups in total. The van der Waals surface area contributed by atoms with Crippen LogP contribution in [0.5, 0.6) is 5.75 Å². The van der Waals surface area contributed by atoms with Crippen molar-refractivity contribution in [2.45, 2.75) is 171 Å². The highest BCUT2D eigenvalue weighted by Crippen LogP contribution is 2.21. The number of phenols is 1. The Hall–Kier alpha value is -7.38. The van der Waals surface area contributed by atoms with Gasteiger partial charge in [0, 0.05) is 31.8 Å². The van der Waals surface area contributed by atoms with Crippen molar-refractivity contribution in [2.75, 3.05) is 13.2 Å². The predicted molar refractivity (Wildman–Crippen MR) is 262 cm³/mol. The van der Waals surface area contributed by atoms with Crippen molar-refractivity contribution >= 4 is 70.9 Å². The molecule has 0 saturated carbocycles. The molecule has 0 radical (unpaired) electrons. The molecule has 1 aromatic rings. The Morgan fingerprint density at radius 3 is 1.66 bits per heavy atom. The summed E-state index contributed by atoms with van der Waals surface area (Å²) in [4.78, 5) is 162. The summed E-state index contributed by atoms with van der Waals surface area (Å²) in [5, 5.41) is 46.8. The number of carboxylic acids is 1. The molecule has 26 heteroatoms. The van der Waals surface area contributed by atoms with Gasteiger partial charge in [-0.25, -0.2) is 0 Å². The summed E-state index contributed by atoms with van der Waals surface area (Å²) in [6, 6.07) is -7.70. The summed E-state index contributed by atoms with van der Waals surface area (Å²) >= 11 is 0. The highest BCUT2D eigenvalue weighted by molar-refractivity contribution is 6.00. The van der Waals surface area contributed by atoms with Gasteiger partial charge in [0.25, 0.3) is 0 Å². The molecule has 410 valence electrons. The SMILES string of the molecule is CC(C)CCCCCCCCC1CC(=O)NC(CC(=O)O)C(=O)N[C@H](Cc2ccc(O)cc2)C(=O)NC(CC(N)=O)C(=O)NC(CCC(N)=O)C(=O)N2CCC[C@H]2C(=O)NC(CC(N)=O)C(=O)N[C@@H](CO)C(=O)N1. The van der Waals surface area contributed by atoms with Crippen LogP contribution in [0.15, 0.2) is 24.3 Å². The fourth-order valence-corrected chi connectivity index (χ4v) is 8.53. The van der Waals surface area contributed by atoms with Crippen molar-refractivity contribution in [2.24, 2.45) is 23.1 Å². The summed E-state index contributed by atoms with van der Waals surface area (Å²) in [7, 11) is 0. The fourth-order valence-electron chi connectivity index (χ4n) is 8.53. The first kappa shape index (κ1) is 60.9. The van der Waals surface area contributed by atoms with Crippen LogP contribution in [0.2, 0.25) is 0 Å². The number of fused-ring (bicyclic) bond motifs is 1. The molecule has 0 aliphatic carbocycles. The van der Waals surface area contributed by atoms with Gasteiger partial charge >= 0.3 is 5.97 Å². The van der Waals surface area contributed by atoms with Gasteiger partial charge in [0.05, 0.1) is 25.9 Å². The number of benzene rings is 1. The largest absolute Gasteiger partial charge is 0.508 e. The van der Waals surface area contributed by atoms with Crippen molar-refractivity contribution in [3.63, 3.8) is 0 Å². The molecule has 0 aromatic heterocycles. The first-order chi connectivity index (χ1) is 35.0. The fraction of sp³-hybridized carbons (Fsp3) is 0.625. The lowest BCUT2D eigenvalue weighted by atomic mass is 10.0. The second-order valence-corrected chi connectivity index (χ2v) is 19.1. The standard InChI is InChI=1S/C48H73N11O15/c1-26(2)10-7-5-3-4-6-8-11-28-21-40(65)53-34(24-41(66)67)45(71)55-31(20-27-13-15-29(61)16-14-27)42(68)56-32(22-38(50)63)43(69)54-30(17-18-37(49)62)48(74)59-19-9-12-36(59)47(73)57-33(23-39(51)64)44(70)58-35(25-60)46(72)52-28/h13-16,26,28,30-36,60-61H,3-12,17-25H2,1-2H3,(H2,49,62)(H2,50,63)(H2,51,64)(H,52,72)(H,53,65)(H,54,69)(H,55,71)(H,56,68)(H,57,73)(H,58,70)(H,66,67)/t28?,30?,31-,32?,33?,34?,35+,36+/m1/s1. The van der Waals surface area contributed by atoms with Crippen LogP contribution in [0.3, 0.4) is 0 Å². The van der Waals surface area contributed by atoms with Crippen LogP contribution in [0.1, 0.15) is 122 Å². The number of amides is 11. The molecule has 0 bridgehead atoms. The van der Waals surface area contributed by atoms with Gasteiger partial charge in [-0.05, 0) is 49.3 Å². The minimum absolute atomic E-state index is 0.00440. The highest BCUT2D eigenvalue weighted by atomic mass is 16.4.